The van der Waals surface area contributed by atoms with Gasteiger partial charge in [0.25, 0.3) is 0 Å². The molecular formula is C18H28N2O3. The van der Waals surface area contributed by atoms with Gasteiger partial charge in [0.1, 0.15) is 11.4 Å². The minimum Gasteiger partial charge on any atom is -0.495 e. The van der Waals surface area contributed by atoms with Crippen LogP contribution in [0.3, 0.4) is 0 Å². The zero-order chi connectivity index (χ0) is 17.5. The van der Waals surface area contributed by atoms with Gasteiger partial charge in [0.15, 0.2) is 0 Å². The topological polar surface area (TPSA) is 59.6 Å². The third-order valence-corrected chi connectivity index (χ3v) is 3.05. The average molecular weight is 320 g/mol. The summed E-state index contributed by atoms with van der Waals surface area (Å²) in [5, 5.41) is 6.13. The van der Waals surface area contributed by atoms with Gasteiger partial charge in [-0.1, -0.05) is 6.08 Å². The van der Waals surface area contributed by atoms with Crippen molar-refractivity contribution in [2.45, 2.75) is 52.2 Å². The first-order valence-electron chi connectivity index (χ1n) is 7.80. The van der Waals surface area contributed by atoms with Crippen LogP contribution in [0.15, 0.2) is 30.9 Å². The predicted molar refractivity (Wildman–Crippen MR) is 95.4 cm³/mol. The summed E-state index contributed by atoms with van der Waals surface area (Å²) in [6.45, 7) is 11.3. The van der Waals surface area contributed by atoms with Gasteiger partial charge in [-0.3, -0.25) is 5.32 Å². The molecule has 0 aliphatic heterocycles. The molecule has 0 radical (unpaired) electrons. The summed E-state index contributed by atoms with van der Waals surface area (Å²) in [5.74, 6) is 0.583. The molecule has 5 heteroatoms. The molecule has 0 spiro atoms. The predicted octanol–water partition coefficient (Wildman–Crippen LogP) is 4.81. The summed E-state index contributed by atoms with van der Waals surface area (Å²) in [4.78, 5) is 12.0. The molecule has 5 nitrogen and oxygen atoms in total. The largest absolute Gasteiger partial charge is 0.495 e. The molecule has 0 heterocycles. The summed E-state index contributed by atoms with van der Waals surface area (Å²) in [6.07, 6.45) is 3.34. The molecule has 0 saturated carbocycles. The number of carbonyl (C=O) groups is 1. The molecule has 0 fully saturated rings. The van der Waals surface area contributed by atoms with E-state index in [1.165, 1.54) is 0 Å². The van der Waals surface area contributed by atoms with Crippen LogP contribution >= 0.6 is 0 Å². The van der Waals surface area contributed by atoms with Crippen LogP contribution in [0, 0.1) is 0 Å². The molecule has 1 unspecified atom stereocenters. The standard InChI is InChI=1S/C18H28N2O3/c1-7-8-9-13(2)19-14-10-11-16(22-6)15(12-14)20-17(21)23-18(3,4)5/h7,10-13,19H,1,8-9H2,2-6H3,(H,20,21). The molecule has 0 aromatic heterocycles. The quantitative estimate of drug-likeness (QED) is 0.708. The van der Waals surface area contributed by atoms with E-state index < -0.39 is 11.7 Å². The number of benzene rings is 1. The fourth-order valence-corrected chi connectivity index (χ4v) is 2.03. The summed E-state index contributed by atoms with van der Waals surface area (Å²) in [5.41, 5.74) is 0.933. The van der Waals surface area contributed by atoms with Crippen molar-refractivity contribution in [2.75, 3.05) is 17.7 Å². The first kappa shape index (κ1) is 18.9. The smallest absolute Gasteiger partial charge is 0.412 e. The van der Waals surface area contributed by atoms with Crippen molar-refractivity contribution >= 4 is 17.5 Å². The summed E-state index contributed by atoms with van der Waals surface area (Å²) in [7, 11) is 1.56. The Hall–Kier alpha value is -2.17. The van der Waals surface area contributed by atoms with Crippen molar-refractivity contribution in [3.05, 3.63) is 30.9 Å². The molecule has 23 heavy (non-hydrogen) atoms. The maximum atomic E-state index is 12.0. The van der Waals surface area contributed by atoms with E-state index in [1.54, 1.807) is 7.11 Å². The lowest BCUT2D eigenvalue weighted by atomic mass is 10.1. The number of methoxy groups -OCH3 is 1. The second-order valence-electron chi connectivity index (χ2n) is 6.45. The molecular weight excluding hydrogens is 292 g/mol. The Labute approximate surface area is 139 Å². The molecule has 1 amide bonds. The lowest BCUT2D eigenvalue weighted by Crippen LogP contribution is -2.27. The SMILES string of the molecule is C=CCCC(C)Nc1ccc(OC)c(NC(=O)OC(C)(C)C)c1. The van der Waals surface area contributed by atoms with Crippen molar-refractivity contribution in [2.24, 2.45) is 0 Å². The number of hydrogen-bond acceptors (Lipinski definition) is 4. The van der Waals surface area contributed by atoms with Crippen molar-refractivity contribution in [3.8, 4) is 5.75 Å². The summed E-state index contributed by atoms with van der Waals surface area (Å²) < 4.78 is 10.6. The normalized spacial score (nSPS) is 12.2. The monoisotopic (exact) mass is 320 g/mol. The molecule has 2 N–H and O–H groups in total. The highest BCUT2D eigenvalue weighted by Crippen LogP contribution is 2.29. The van der Waals surface area contributed by atoms with Crippen LogP contribution in [-0.2, 0) is 4.74 Å². The Balaban J connectivity index is 2.82. The van der Waals surface area contributed by atoms with E-state index in [9.17, 15) is 4.79 Å². The van der Waals surface area contributed by atoms with Crippen LogP contribution < -0.4 is 15.4 Å². The molecule has 0 bridgehead atoms. The van der Waals surface area contributed by atoms with Gasteiger partial charge in [-0.05, 0) is 58.7 Å². The highest BCUT2D eigenvalue weighted by atomic mass is 16.6. The van der Waals surface area contributed by atoms with Crippen LogP contribution in [0.2, 0.25) is 0 Å². The van der Waals surface area contributed by atoms with Gasteiger partial charge in [0.05, 0.1) is 12.8 Å². The number of rotatable bonds is 7. The van der Waals surface area contributed by atoms with E-state index in [-0.39, 0.29) is 0 Å². The van der Waals surface area contributed by atoms with Crippen molar-refractivity contribution in [3.63, 3.8) is 0 Å². The van der Waals surface area contributed by atoms with Crippen LogP contribution in [0.1, 0.15) is 40.5 Å². The molecule has 0 saturated heterocycles. The Morgan fingerprint density at radius 1 is 1.39 bits per heavy atom. The van der Waals surface area contributed by atoms with Crippen molar-refractivity contribution in [1.29, 1.82) is 0 Å². The highest BCUT2D eigenvalue weighted by molar-refractivity contribution is 5.88. The number of ether oxygens (including phenoxy) is 2. The number of anilines is 2. The molecule has 1 aromatic rings. The first-order chi connectivity index (χ1) is 10.7. The van der Waals surface area contributed by atoms with E-state index in [0.29, 0.717) is 17.5 Å². The minimum atomic E-state index is -0.549. The highest BCUT2D eigenvalue weighted by Gasteiger charge is 2.17. The molecule has 0 aliphatic rings. The first-order valence-corrected chi connectivity index (χ1v) is 7.80. The van der Waals surface area contributed by atoms with E-state index in [1.807, 2.05) is 45.0 Å². The van der Waals surface area contributed by atoms with E-state index in [0.717, 1.165) is 18.5 Å². The average Bonchev–Trinajstić information content (AvgIpc) is 2.43. The second-order valence-corrected chi connectivity index (χ2v) is 6.45. The van der Waals surface area contributed by atoms with Gasteiger partial charge in [0.2, 0.25) is 0 Å². The van der Waals surface area contributed by atoms with Crippen LogP contribution in [0.4, 0.5) is 16.2 Å². The molecule has 128 valence electrons. The maximum Gasteiger partial charge on any atom is 0.412 e. The fraction of sp³-hybridized carbons (Fsp3) is 0.500. The lowest BCUT2D eigenvalue weighted by Gasteiger charge is -2.21. The number of hydrogen-bond donors (Lipinski definition) is 2. The molecule has 1 aromatic carbocycles. The third kappa shape index (κ3) is 7.08. The summed E-state index contributed by atoms with van der Waals surface area (Å²) in [6, 6.07) is 5.88. The summed E-state index contributed by atoms with van der Waals surface area (Å²) >= 11 is 0. The van der Waals surface area contributed by atoms with E-state index in [4.69, 9.17) is 9.47 Å². The number of nitrogens with one attached hydrogen (secondary N) is 2. The fourth-order valence-electron chi connectivity index (χ4n) is 2.03. The third-order valence-electron chi connectivity index (χ3n) is 3.05. The van der Waals surface area contributed by atoms with Gasteiger partial charge >= 0.3 is 6.09 Å². The van der Waals surface area contributed by atoms with Crippen LogP contribution in [0.5, 0.6) is 5.75 Å². The molecule has 0 aliphatic carbocycles. The van der Waals surface area contributed by atoms with Gasteiger partial charge in [-0.2, -0.15) is 0 Å². The maximum absolute atomic E-state index is 12.0. The molecule has 1 rings (SSSR count). The second kappa shape index (κ2) is 8.46. The van der Waals surface area contributed by atoms with E-state index in [2.05, 4.69) is 24.1 Å². The Kier molecular flexibility index (Phi) is 6.94. The number of amides is 1. The minimum absolute atomic E-state index is 0.302. The van der Waals surface area contributed by atoms with Crippen LogP contribution in [-0.4, -0.2) is 24.8 Å². The Morgan fingerprint density at radius 3 is 2.65 bits per heavy atom. The van der Waals surface area contributed by atoms with Crippen molar-refractivity contribution < 1.29 is 14.3 Å². The van der Waals surface area contributed by atoms with E-state index >= 15 is 0 Å². The lowest BCUT2D eigenvalue weighted by molar-refractivity contribution is 0.0635. The van der Waals surface area contributed by atoms with Gasteiger partial charge < -0.3 is 14.8 Å². The number of allylic oxidation sites excluding steroid dienone is 1. The molecule has 1 atom stereocenters. The Bertz CT molecular complexity index is 536. The van der Waals surface area contributed by atoms with Gasteiger partial charge in [-0.15, -0.1) is 6.58 Å². The van der Waals surface area contributed by atoms with Gasteiger partial charge in [-0.25, -0.2) is 4.79 Å². The van der Waals surface area contributed by atoms with Gasteiger partial charge in [0, 0.05) is 11.7 Å². The number of carbonyl (C=O) groups excluding carboxylic acids is 1. The zero-order valence-corrected chi connectivity index (χ0v) is 14.7. The Morgan fingerprint density at radius 2 is 2.09 bits per heavy atom. The van der Waals surface area contributed by atoms with Crippen molar-refractivity contribution in [1.82, 2.24) is 0 Å². The van der Waals surface area contributed by atoms with Crippen LogP contribution in [0.25, 0.3) is 0 Å². The zero-order valence-electron chi connectivity index (χ0n) is 14.7.